The van der Waals surface area contributed by atoms with E-state index >= 15 is 0 Å². The summed E-state index contributed by atoms with van der Waals surface area (Å²) in [6, 6.07) is 7.41. The predicted octanol–water partition coefficient (Wildman–Crippen LogP) is 3.72. The number of fused-ring (bicyclic) bond motifs is 1. The lowest BCUT2D eigenvalue weighted by Crippen LogP contribution is -2.07. The Kier molecular flexibility index (Phi) is 2.82. The van der Waals surface area contributed by atoms with Gasteiger partial charge in [-0.25, -0.2) is 9.78 Å². The first kappa shape index (κ1) is 12.6. The molecule has 0 spiro atoms. The molecule has 106 valence electrons. The number of carbonyl (C=O) groups is 1. The van der Waals surface area contributed by atoms with Gasteiger partial charge in [0.1, 0.15) is 5.82 Å². The zero-order valence-corrected chi connectivity index (χ0v) is 12.1. The van der Waals surface area contributed by atoms with Crippen LogP contribution in [0, 0.1) is 0 Å². The van der Waals surface area contributed by atoms with Crippen molar-refractivity contribution in [2.75, 3.05) is 0 Å². The number of carboxylic acids is 1. The molecule has 0 amide bonds. The maximum atomic E-state index is 11.5. The van der Waals surface area contributed by atoms with E-state index in [-0.39, 0.29) is 0 Å². The molecule has 0 aliphatic heterocycles. The summed E-state index contributed by atoms with van der Waals surface area (Å²) in [5.41, 5.74) is 3.06. The Hall–Kier alpha value is -2.14. The van der Waals surface area contributed by atoms with Crippen LogP contribution in [0.15, 0.2) is 35.0 Å². The van der Waals surface area contributed by atoms with Gasteiger partial charge in [0, 0.05) is 5.92 Å². The summed E-state index contributed by atoms with van der Waals surface area (Å²) < 4.78 is 2.10. The van der Waals surface area contributed by atoms with E-state index < -0.39 is 5.97 Å². The Bertz CT molecular complexity index is 816. The van der Waals surface area contributed by atoms with Crippen molar-refractivity contribution in [3.05, 3.63) is 52.0 Å². The maximum Gasteiger partial charge on any atom is 0.337 e. The van der Waals surface area contributed by atoms with Crippen LogP contribution < -0.4 is 0 Å². The molecule has 1 aromatic carbocycles. The SMILES string of the molecule is O=C(O)c1cccc2nc(C3CC3)n(Cc3ccsc3)c12. The molecule has 5 heteroatoms. The van der Waals surface area contributed by atoms with Crippen LogP contribution in [0.2, 0.25) is 0 Å². The summed E-state index contributed by atoms with van der Waals surface area (Å²) >= 11 is 1.66. The van der Waals surface area contributed by atoms with Gasteiger partial charge >= 0.3 is 5.97 Å². The van der Waals surface area contributed by atoms with Crippen LogP contribution in [0.3, 0.4) is 0 Å². The molecule has 1 aliphatic carbocycles. The standard InChI is InChI=1S/C16H14N2O2S/c19-16(20)12-2-1-3-13-14(12)18(8-10-6-7-21-9-10)15(17-13)11-4-5-11/h1-3,6-7,9,11H,4-5,8H2,(H,19,20). The van der Waals surface area contributed by atoms with Gasteiger partial charge < -0.3 is 9.67 Å². The minimum absolute atomic E-state index is 0.335. The lowest BCUT2D eigenvalue weighted by molar-refractivity contribution is 0.0698. The van der Waals surface area contributed by atoms with Crippen LogP contribution in [-0.4, -0.2) is 20.6 Å². The van der Waals surface area contributed by atoms with Crippen molar-refractivity contribution in [2.45, 2.75) is 25.3 Å². The summed E-state index contributed by atoms with van der Waals surface area (Å²) in [5, 5.41) is 13.6. The highest BCUT2D eigenvalue weighted by molar-refractivity contribution is 7.07. The molecule has 0 unspecified atom stereocenters. The maximum absolute atomic E-state index is 11.5. The third-order valence-electron chi connectivity index (χ3n) is 3.89. The van der Waals surface area contributed by atoms with Crippen LogP contribution in [0.4, 0.5) is 0 Å². The fourth-order valence-electron chi connectivity index (χ4n) is 2.75. The monoisotopic (exact) mass is 298 g/mol. The Morgan fingerprint density at radius 2 is 2.24 bits per heavy atom. The number of imidazole rings is 1. The van der Waals surface area contributed by atoms with Gasteiger partial charge in [-0.05, 0) is 47.4 Å². The molecule has 1 fully saturated rings. The van der Waals surface area contributed by atoms with Crippen LogP contribution >= 0.6 is 11.3 Å². The first-order chi connectivity index (χ1) is 10.2. The molecule has 3 aromatic rings. The third-order valence-corrected chi connectivity index (χ3v) is 4.62. The molecule has 2 heterocycles. The van der Waals surface area contributed by atoms with E-state index in [0.29, 0.717) is 18.0 Å². The van der Waals surface area contributed by atoms with Gasteiger partial charge in [-0.1, -0.05) is 6.07 Å². The van der Waals surface area contributed by atoms with Crippen molar-refractivity contribution in [2.24, 2.45) is 0 Å². The van der Waals surface area contributed by atoms with Gasteiger partial charge in [-0.15, -0.1) is 0 Å². The molecule has 0 bridgehead atoms. The summed E-state index contributed by atoms with van der Waals surface area (Å²) in [6.07, 6.45) is 2.30. The number of nitrogens with zero attached hydrogens (tertiary/aromatic N) is 2. The van der Waals surface area contributed by atoms with Gasteiger partial charge in [-0.3, -0.25) is 0 Å². The van der Waals surface area contributed by atoms with E-state index in [0.717, 1.165) is 29.7 Å². The Balaban J connectivity index is 1.95. The lowest BCUT2D eigenvalue weighted by atomic mass is 10.2. The highest BCUT2D eigenvalue weighted by Crippen LogP contribution is 2.41. The van der Waals surface area contributed by atoms with Gasteiger partial charge in [0.25, 0.3) is 0 Å². The molecular weight excluding hydrogens is 284 g/mol. The van der Waals surface area contributed by atoms with E-state index in [1.54, 1.807) is 23.5 Å². The Morgan fingerprint density at radius 1 is 1.38 bits per heavy atom. The van der Waals surface area contributed by atoms with E-state index in [1.807, 2.05) is 11.4 Å². The van der Waals surface area contributed by atoms with E-state index in [1.165, 1.54) is 5.56 Å². The number of hydrogen-bond donors (Lipinski definition) is 1. The van der Waals surface area contributed by atoms with E-state index in [9.17, 15) is 9.90 Å². The smallest absolute Gasteiger partial charge is 0.337 e. The van der Waals surface area contributed by atoms with Crippen molar-refractivity contribution in [1.82, 2.24) is 9.55 Å². The number of para-hydroxylation sites is 1. The van der Waals surface area contributed by atoms with Crippen molar-refractivity contribution < 1.29 is 9.90 Å². The fourth-order valence-corrected chi connectivity index (χ4v) is 3.41. The summed E-state index contributed by atoms with van der Waals surface area (Å²) in [6.45, 7) is 0.691. The van der Waals surface area contributed by atoms with Crippen LogP contribution in [0.1, 0.15) is 40.5 Å². The number of carboxylic acid groups (broad SMARTS) is 1. The summed E-state index contributed by atoms with van der Waals surface area (Å²) in [4.78, 5) is 16.2. The molecule has 1 saturated carbocycles. The van der Waals surface area contributed by atoms with Crippen LogP contribution in [-0.2, 0) is 6.54 Å². The molecule has 4 nitrogen and oxygen atoms in total. The molecule has 0 radical (unpaired) electrons. The van der Waals surface area contributed by atoms with Gasteiger partial charge in [0.15, 0.2) is 0 Å². The molecule has 1 aliphatic rings. The van der Waals surface area contributed by atoms with Crippen molar-refractivity contribution in [3.63, 3.8) is 0 Å². The van der Waals surface area contributed by atoms with Gasteiger partial charge in [0.2, 0.25) is 0 Å². The molecule has 2 aromatic heterocycles. The lowest BCUT2D eigenvalue weighted by Gasteiger charge is -2.09. The topological polar surface area (TPSA) is 55.1 Å². The highest BCUT2D eigenvalue weighted by Gasteiger charge is 2.30. The number of aromatic nitrogens is 2. The molecule has 21 heavy (non-hydrogen) atoms. The number of rotatable bonds is 4. The largest absolute Gasteiger partial charge is 0.478 e. The number of aromatic carboxylic acids is 1. The zero-order valence-electron chi connectivity index (χ0n) is 11.3. The average molecular weight is 298 g/mol. The Labute approximate surface area is 125 Å². The number of hydrogen-bond acceptors (Lipinski definition) is 3. The Morgan fingerprint density at radius 3 is 2.90 bits per heavy atom. The van der Waals surface area contributed by atoms with Crippen molar-refractivity contribution in [1.29, 1.82) is 0 Å². The second kappa shape index (κ2) is 4.70. The van der Waals surface area contributed by atoms with Gasteiger partial charge in [-0.2, -0.15) is 11.3 Å². The van der Waals surface area contributed by atoms with Crippen molar-refractivity contribution in [3.8, 4) is 0 Å². The number of thiophene rings is 1. The minimum Gasteiger partial charge on any atom is -0.478 e. The van der Waals surface area contributed by atoms with Crippen LogP contribution in [0.25, 0.3) is 11.0 Å². The fraction of sp³-hybridized carbons (Fsp3) is 0.250. The first-order valence-electron chi connectivity index (χ1n) is 6.97. The average Bonchev–Trinajstić information content (AvgIpc) is 3.07. The summed E-state index contributed by atoms with van der Waals surface area (Å²) in [7, 11) is 0. The zero-order chi connectivity index (χ0) is 14.4. The molecule has 0 atom stereocenters. The van der Waals surface area contributed by atoms with E-state index in [4.69, 9.17) is 4.98 Å². The van der Waals surface area contributed by atoms with Gasteiger partial charge in [0.05, 0.1) is 23.1 Å². The molecule has 1 N–H and O–H groups in total. The third kappa shape index (κ3) is 2.14. The quantitative estimate of drug-likeness (QED) is 0.798. The predicted molar refractivity (Wildman–Crippen MR) is 82.1 cm³/mol. The second-order valence-corrected chi connectivity index (χ2v) is 6.22. The molecular formula is C16H14N2O2S. The summed E-state index contributed by atoms with van der Waals surface area (Å²) in [5.74, 6) is 0.622. The molecule has 0 saturated heterocycles. The van der Waals surface area contributed by atoms with Crippen LogP contribution in [0.5, 0.6) is 0 Å². The highest BCUT2D eigenvalue weighted by atomic mass is 32.1. The van der Waals surface area contributed by atoms with Crippen molar-refractivity contribution >= 4 is 28.3 Å². The number of benzene rings is 1. The minimum atomic E-state index is -0.894. The van der Waals surface area contributed by atoms with E-state index in [2.05, 4.69) is 16.0 Å². The molecule has 4 rings (SSSR count). The first-order valence-corrected chi connectivity index (χ1v) is 7.92. The normalized spacial score (nSPS) is 14.7. The second-order valence-electron chi connectivity index (χ2n) is 5.44.